The third kappa shape index (κ3) is 11.5. The highest BCUT2D eigenvalue weighted by atomic mass is 16.2. The fourth-order valence-corrected chi connectivity index (χ4v) is 2.85. The van der Waals surface area contributed by atoms with Gasteiger partial charge in [-0.05, 0) is 24.8 Å². The van der Waals surface area contributed by atoms with Gasteiger partial charge in [-0.25, -0.2) is 0 Å². The van der Waals surface area contributed by atoms with E-state index in [0.29, 0.717) is 6.61 Å². The van der Waals surface area contributed by atoms with Crippen molar-refractivity contribution >= 4 is 0 Å². The number of rotatable bonds is 14. The molecule has 1 N–H and O–H groups in total. The van der Waals surface area contributed by atoms with Gasteiger partial charge in [0.1, 0.15) is 0 Å². The minimum atomic E-state index is 0.365. The van der Waals surface area contributed by atoms with Crippen LogP contribution in [0.2, 0.25) is 0 Å². The van der Waals surface area contributed by atoms with Crippen molar-refractivity contribution in [3.8, 4) is 0 Å². The van der Waals surface area contributed by atoms with Gasteiger partial charge >= 0.3 is 0 Å². The van der Waals surface area contributed by atoms with E-state index in [1.54, 1.807) is 0 Å². The molecule has 0 spiro atoms. The molecule has 0 heterocycles. The van der Waals surface area contributed by atoms with Gasteiger partial charge in [0.2, 0.25) is 0 Å². The van der Waals surface area contributed by atoms with Crippen LogP contribution in [0.5, 0.6) is 0 Å². The van der Waals surface area contributed by atoms with Crippen LogP contribution in [0.15, 0.2) is 30.3 Å². The van der Waals surface area contributed by atoms with Gasteiger partial charge in [-0.3, -0.25) is 0 Å². The molecular weight excluding hydrogens is 256 g/mol. The molecule has 0 aromatic heterocycles. The Hall–Kier alpha value is -0.820. The summed E-state index contributed by atoms with van der Waals surface area (Å²) in [7, 11) is 0. The summed E-state index contributed by atoms with van der Waals surface area (Å²) in [4.78, 5) is 0. The van der Waals surface area contributed by atoms with Gasteiger partial charge in [0, 0.05) is 6.61 Å². The second kappa shape index (κ2) is 14.1. The predicted molar refractivity (Wildman–Crippen MR) is 92.6 cm³/mol. The molecule has 0 radical (unpaired) electrons. The van der Waals surface area contributed by atoms with Crippen molar-refractivity contribution in [2.24, 2.45) is 0 Å². The Balaban J connectivity index is 1.75. The number of hydrogen-bond acceptors (Lipinski definition) is 1. The van der Waals surface area contributed by atoms with Gasteiger partial charge in [0.15, 0.2) is 0 Å². The second-order valence-corrected chi connectivity index (χ2v) is 6.20. The van der Waals surface area contributed by atoms with Gasteiger partial charge in [0.25, 0.3) is 0 Å². The van der Waals surface area contributed by atoms with Crippen molar-refractivity contribution in [3.05, 3.63) is 35.9 Å². The SMILES string of the molecule is OCCCCCCCCCCCCCCc1ccccc1. The lowest BCUT2D eigenvalue weighted by Gasteiger charge is -2.03. The summed E-state index contributed by atoms with van der Waals surface area (Å²) in [5.41, 5.74) is 1.48. The summed E-state index contributed by atoms with van der Waals surface area (Å²) in [5.74, 6) is 0. The van der Waals surface area contributed by atoms with E-state index in [9.17, 15) is 0 Å². The Labute approximate surface area is 131 Å². The number of aliphatic hydroxyl groups is 1. The third-order valence-corrected chi connectivity index (χ3v) is 4.22. The van der Waals surface area contributed by atoms with Crippen LogP contribution < -0.4 is 0 Å². The van der Waals surface area contributed by atoms with Gasteiger partial charge in [-0.15, -0.1) is 0 Å². The first-order chi connectivity index (χ1) is 10.4. The Morgan fingerprint density at radius 1 is 0.524 bits per heavy atom. The first kappa shape index (κ1) is 18.2. The molecule has 21 heavy (non-hydrogen) atoms. The highest BCUT2D eigenvalue weighted by Crippen LogP contribution is 2.13. The molecule has 1 aromatic rings. The highest BCUT2D eigenvalue weighted by Gasteiger charge is 1.95. The van der Waals surface area contributed by atoms with Crippen molar-refractivity contribution in [2.75, 3.05) is 6.61 Å². The van der Waals surface area contributed by atoms with E-state index >= 15 is 0 Å². The van der Waals surface area contributed by atoms with Crippen LogP contribution in [0.4, 0.5) is 0 Å². The average Bonchev–Trinajstić information content (AvgIpc) is 2.53. The van der Waals surface area contributed by atoms with E-state index in [2.05, 4.69) is 30.3 Å². The largest absolute Gasteiger partial charge is 0.396 e. The van der Waals surface area contributed by atoms with E-state index in [-0.39, 0.29) is 0 Å². The molecule has 1 aromatic carbocycles. The Kier molecular flexibility index (Phi) is 12.3. The molecule has 0 aliphatic carbocycles. The Bertz CT molecular complexity index is 307. The van der Waals surface area contributed by atoms with Crippen LogP contribution in [-0.2, 0) is 6.42 Å². The van der Waals surface area contributed by atoms with Gasteiger partial charge in [0.05, 0.1) is 0 Å². The van der Waals surface area contributed by atoms with E-state index in [1.807, 2.05) is 0 Å². The van der Waals surface area contributed by atoms with Crippen LogP contribution in [0.25, 0.3) is 0 Å². The zero-order chi connectivity index (χ0) is 15.0. The molecule has 0 amide bonds. The van der Waals surface area contributed by atoms with Crippen molar-refractivity contribution in [2.45, 2.75) is 83.5 Å². The summed E-state index contributed by atoms with van der Waals surface area (Å²) in [6.07, 6.45) is 17.3. The second-order valence-electron chi connectivity index (χ2n) is 6.20. The smallest absolute Gasteiger partial charge is 0.0431 e. The van der Waals surface area contributed by atoms with Gasteiger partial charge in [-0.1, -0.05) is 94.5 Å². The lowest BCUT2D eigenvalue weighted by molar-refractivity contribution is 0.282. The summed E-state index contributed by atoms with van der Waals surface area (Å²) in [5, 5.41) is 8.69. The zero-order valence-electron chi connectivity index (χ0n) is 13.7. The zero-order valence-corrected chi connectivity index (χ0v) is 13.7. The molecule has 0 aliphatic heterocycles. The Morgan fingerprint density at radius 2 is 0.952 bits per heavy atom. The predicted octanol–water partition coefficient (Wildman–Crippen LogP) is 5.90. The number of unbranched alkanes of at least 4 members (excludes halogenated alkanes) is 11. The molecule has 0 unspecified atom stereocenters. The quantitative estimate of drug-likeness (QED) is 0.423. The number of benzene rings is 1. The highest BCUT2D eigenvalue weighted by molar-refractivity contribution is 5.14. The standard InChI is InChI=1S/C20H34O/c21-19-15-10-8-6-4-2-1-3-5-7-9-12-16-20-17-13-11-14-18-20/h11,13-14,17-18,21H,1-10,12,15-16,19H2. The van der Waals surface area contributed by atoms with Gasteiger partial charge < -0.3 is 5.11 Å². The average molecular weight is 290 g/mol. The first-order valence-corrected chi connectivity index (χ1v) is 9.08. The van der Waals surface area contributed by atoms with E-state index in [1.165, 1.54) is 82.6 Å². The van der Waals surface area contributed by atoms with Crippen molar-refractivity contribution in [3.63, 3.8) is 0 Å². The van der Waals surface area contributed by atoms with Crippen molar-refractivity contribution in [1.29, 1.82) is 0 Å². The topological polar surface area (TPSA) is 20.2 Å². The molecule has 0 saturated carbocycles. The van der Waals surface area contributed by atoms with Gasteiger partial charge in [-0.2, -0.15) is 0 Å². The molecule has 0 aliphatic rings. The molecule has 0 fully saturated rings. The van der Waals surface area contributed by atoms with Crippen LogP contribution in [-0.4, -0.2) is 11.7 Å². The molecule has 120 valence electrons. The monoisotopic (exact) mass is 290 g/mol. The summed E-state index contributed by atoms with van der Waals surface area (Å²) < 4.78 is 0. The molecular formula is C20H34O. The number of hydrogen-bond donors (Lipinski definition) is 1. The molecule has 0 saturated heterocycles. The minimum absolute atomic E-state index is 0.365. The van der Waals surface area contributed by atoms with Crippen molar-refractivity contribution in [1.82, 2.24) is 0 Å². The normalized spacial score (nSPS) is 10.9. The third-order valence-electron chi connectivity index (χ3n) is 4.22. The van der Waals surface area contributed by atoms with Crippen LogP contribution in [0, 0.1) is 0 Å². The van der Waals surface area contributed by atoms with E-state index in [4.69, 9.17) is 5.11 Å². The summed E-state index contributed by atoms with van der Waals surface area (Å²) in [6.45, 7) is 0.365. The van der Waals surface area contributed by atoms with E-state index < -0.39 is 0 Å². The van der Waals surface area contributed by atoms with Crippen LogP contribution in [0.1, 0.15) is 82.6 Å². The molecule has 0 atom stereocenters. The summed E-state index contributed by atoms with van der Waals surface area (Å²) >= 11 is 0. The maximum Gasteiger partial charge on any atom is 0.0431 e. The minimum Gasteiger partial charge on any atom is -0.396 e. The maximum atomic E-state index is 8.69. The molecule has 1 heteroatoms. The number of aryl methyl sites for hydroxylation is 1. The van der Waals surface area contributed by atoms with Crippen LogP contribution >= 0.6 is 0 Å². The van der Waals surface area contributed by atoms with Crippen molar-refractivity contribution < 1.29 is 5.11 Å². The van der Waals surface area contributed by atoms with E-state index in [0.717, 1.165) is 6.42 Å². The molecule has 1 rings (SSSR count). The molecule has 1 nitrogen and oxygen atoms in total. The number of aliphatic hydroxyl groups excluding tert-OH is 1. The fourth-order valence-electron chi connectivity index (χ4n) is 2.85. The Morgan fingerprint density at radius 3 is 1.43 bits per heavy atom. The lowest BCUT2D eigenvalue weighted by atomic mass is 10.0. The lowest BCUT2D eigenvalue weighted by Crippen LogP contribution is -1.86. The summed E-state index contributed by atoms with van der Waals surface area (Å²) in [6, 6.07) is 10.8. The molecule has 0 bridgehead atoms. The maximum absolute atomic E-state index is 8.69. The van der Waals surface area contributed by atoms with Crippen LogP contribution in [0.3, 0.4) is 0 Å². The first-order valence-electron chi connectivity index (χ1n) is 9.08. The fraction of sp³-hybridized carbons (Fsp3) is 0.700.